The van der Waals surface area contributed by atoms with Gasteiger partial charge in [0.15, 0.2) is 6.29 Å². The predicted octanol–water partition coefficient (Wildman–Crippen LogP) is 5.47. The summed E-state index contributed by atoms with van der Waals surface area (Å²) in [4.78, 5) is 2.39. The van der Waals surface area contributed by atoms with Crippen molar-refractivity contribution in [3.05, 3.63) is 95.1 Å². The van der Waals surface area contributed by atoms with E-state index in [1.807, 2.05) is 12.1 Å². The number of hydrogen-bond donors (Lipinski definition) is 1. The van der Waals surface area contributed by atoms with Crippen LogP contribution in [0.15, 0.2) is 72.8 Å². The van der Waals surface area contributed by atoms with E-state index in [1.165, 1.54) is 27.9 Å². The van der Waals surface area contributed by atoms with Crippen LogP contribution in [0.1, 0.15) is 46.9 Å². The maximum atomic E-state index is 10.1. The summed E-state index contributed by atoms with van der Waals surface area (Å²) in [6, 6.07) is 25.8. The summed E-state index contributed by atoms with van der Waals surface area (Å²) >= 11 is 0. The van der Waals surface area contributed by atoms with Gasteiger partial charge in [0.2, 0.25) is 0 Å². The molecule has 1 aliphatic heterocycles. The monoisotopic (exact) mass is 473 g/mol. The minimum Gasteiger partial charge on any atom is -0.508 e. The molecule has 1 heterocycles. The van der Waals surface area contributed by atoms with Crippen LogP contribution in [0, 0.1) is 0 Å². The number of methoxy groups -OCH3 is 2. The molecular formula is C30H35NO4. The maximum Gasteiger partial charge on any atom is 0.180 e. The molecule has 5 rings (SSSR count). The highest BCUT2D eigenvalue weighted by atomic mass is 16.7. The Morgan fingerprint density at radius 2 is 1.69 bits per heavy atom. The first-order chi connectivity index (χ1) is 17.2. The van der Waals surface area contributed by atoms with E-state index in [9.17, 15) is 5.11 Å². The van der Waals surface area contributed by atoms with E-state index in [0.29, 0.717) is 18.3 Å². The smallest absolute Gasteiger partial charge is 0.180 e. The molecule has 3 aromatic rings. The van der Waals surface area contributed by atoms with Gasteiger partial charge in [-0.25, -0.2) is 0 Å². The molecule has 0 aromatic heterocycles. The molecule has 1 fully saturated rings. The van der Waals surface area contributed by atoms with Crippen molar-refractivity contribution in [2.75, 3.05) is 38.8 Å². The van der Waals surface area contributed by atoms with Gasteiger partial charge in [-0.05, 0) is 71.7 Å². The van der Waals surface area contributed by atoms with Crippen molar-refractivity contribution < 1.29 is 19.3 Å². The molecule has 184 valence electrons. The molecule has 1 N–H and O–H groups in total. The summed E-state index contributed by atoms with van der Waals surface area (Å²) in [5, 5.41) is 10.1. The Balaban J connectivity index is 1.35. The minimum atomic E-state index is -0.318. The summed E-state index contributed by atoms with van der Waals surface area (Å²) in [5.74, 6) is 1.03. The summed E-state index contributed by atoms with van der Waals surface area (Å²) in [6.07, 6.45) is 2.92. The molecule has 5 nitrogen and oxygen atoms in total. The summed E-state index contributed by atoms with van der Waals surface area (Å²) in [6.45, 7) is 2.30. The lowest BCUT2D eigenvalue weighted by molar-refractivity contribution is -0.149. The number of aryl methyl sites for hydroxylation is 1. The number of aromatic hydroxyl groups is 1. The standard InChI is InChI=1S/C30H35NO4/c1-33-29(34-2)20-35-26-16-17-31(19-26)24-11-8-22(9-12-24)30-27(21-6-4-3-5-7-21)14-10-23-18-25(32)13-15-28(23)30/h3-9,11-13,15,18,26-27,29-30,32H,10,14,16-17,19-20H2,1-2H3/t26-,27+,30-/m0/s1. The summed E-state index contributed by atoms with van der Waals surface area (Å²) < 4.78 is 16.5. The van der Waals surface area contributed by atoms with Gasteiger partial charge in [0.25, 0.3) is 0 Å². The lowest BCUT2D eigenvalue weighted by atomic mass is 9.69. The molecule has 35 heavy (non-hydrogen) atoms. The Morgan fingerprint density at radius 3 is 2.43 bits per heavy atom. The Morgan fingerprint density at radius 1 is 0.914 bits per heavy atom. The first-order valence-electron chi connectivity index (χ1n) is 12.5. The molecule has 3 atom stereocenters. The van der Waals surface area contributed by atoms with Crippen molar-refractivity contribution in [2.24, 2.45) is 0 Å². The fraction of sp³-hybridized carbons (Fsp3) is 0.400. The van der Waals surface area contributed by atoms with Crippen molar-refractivity contribution in [2.45, 2.75) is 43.5 Å². The van der Waals surface area contributed by atoms with Gasteiger partial charge in [0.1, 0.15) is 5.75 Å². The minimum absolute atomic E-state index is 0.183. The molecule has 0 spiro atoms. The Labute approximate surface area is 208 Å². The third-order valence-electron chi connectivity index (χ3n) is 7.57. The molecule has 0 bridgehead atoms. The number of nitrogens with zero attached hydrogens (tertiary/aromatic N) is 1. The quantitative estimate of drug-likeness (QED) is 0.440. The molecule has 0 saturated carbocycles. The number of ether oxygens (including phenoxy) is 3. The maximum absolute atomic E-state index is 10.1. The lowest BCUT2D eigenvalue weighted by Crippen LogP contribution is -2.27. The fourth-order valence-electron chi connectivity index (χ4n) is 5.72. The number of phenols is 1. The zero-order chi connectivity index (χ0) is 24.2. The van der Waals surface area contributed by atoms with E-state index >= 15 is 0 Å². The SMILES string of the molecule is COC(CO[C@H]1CCN(c2ccc([C@@H]3c4ccc(O)cc4CC[C@@H]3c3ccccc3)cc2)C1)OC. The van der Waals surface area contributed by atoms with Crippen molar-refractivity contribution >= 4 is 5.69 Å². The Hall–Kier alpha value is -2.86. The van der Waals surface area contributed by atoms with Crippen molar-refractivity contribution in [3.8, 4) is 5.75 Å². The number of fused-ring (bicyclic) bond motifs is 1. The van der Waals surface area contributed by atoms with E-state index in [4.69, 9.17) is 14.2 Å². The summed E-state index contributed by atoms with van der Waals surface area (Å²) in [5.41, 5.74) is 6.52. The average Bonchev–Trinajstić information content (AvgIpc) is 3.38. The second-order valence-electron chi connectivity index (χ2n) is 9.60. The van der Waals surface area contributed by atoms with E-state index in [-0.39, 0.29) is 18.3 Å². The second kappa shape index (κ2) is 10.8. The molecule has 3 aromatic carbocycles. The molecule has 1 saturated heterocycles. The number of hydrogen-bond acceptors (Lipinski definition) is 5. The predicted molar refractivity (Wildman–Crippen MR) is 138 cm³/mol. The van der Waals surface area contributed by atoms with Crippen LogP contribution in [0.4, 0.5) is 5.69 Å². The molecule has 2 aliphatic rings. The lowest BCUT2D eigenvalue weighted by Gasteiger charge is -2.35. The van der Waals surface area contributed by atoms with Crippen LogP contribution in [-0.2, 0) is 20.6 Å². The molecule has 5 heteroatoms. The highest BCUT2D eigenvalue weighted by Gasteiger charge is 2.32. The molecule has 1 aliphatic carbocycles. The van der Waals surface area contributed by atoms with Crippen molar-refractivity contribution in [1.29, 1.82) is 0 Å². The van der Waals surface area contributed by atoms with Crippen LogP contribution >= 0.6 is 0 Å². The first-order valence-corrected chi connectivity index (χ1v) is 12.5. The van der Waals surface area contributed by atoms with E-state index in [0.717, 1.165) is 32.4 Å². The van der Waals surface area contributed by atoms with Crippen LogP contribution in [0.5, 0.6) is 5.75 Å². The second-order valence-corrected chi connectivity index (χ2v) is 9.60. The van der Waals surface area contributed by atoms with Crippen LogP contribution in [0.25, 0.3) is 0 Å². The molecule has 0 radical (unpaired) electrons. The number of anilines is 1. The van der Waals surface area contributed by atoms with Crippen LogP contribution in [0.3, 0.4) is 0 Å². The number of rotatable bonds is 8. The number of phenolic OH excluding ortho intramolecular Hbond substituents is 1. The van der Waals surface area contributed by atoms with E-state index in [1.54, 1.807) is 14.2 Å². The van der Waals surface area contributed by atoms with Gasteiger partial charge in [-0.2, -0.15) is 0 Å². The average molecular weight is 474 g/mol. The van der Waals surface area contributed by atoms with Crippen LogP contribution in [-0.4, -0.2) is 51.4 Å². The van der Waals surface area contributed by atoms with Crippen molar-refractivity contribution in [1.82, 2.24) is 0 Å². The van der Waals surface area contributed by atoms with Gasteiger partial charge < -0.3 is 24.2 Å². The first kappa shape index (κ1) is 23.9. The Bertz CT molecular complexity index is 1100. The van der Waals surface area contributed by atoms with Crippen LogP contribution < -0.4 is 4.90 Å². The van der Waals surface area contributed by atoms with Gasteiger partial charge in [-0.3, -0.25) is 0 Å². The summed E-state index contributed by atoms with van der Waals surface area (Å²) in [7, 11) is 3.27. The van der Waals surface area contributed by atoms with Gasteiger partial charge in [-0.15, -0.1) is 0 Å². The van der Waals surface area contributed by atoms with Crippen molar-refractivity contribution in [3.63, 3.8) is 0 Å². The third-order valence-corrected chi connectivity index (χ3v) is 7.57. The van der Waals surface area contributed by atoms with Gasteiger partial charge >= 0.3 is 0 Å². The topological polar surface area (TPSA) is 51.2 Å². The van der Waals surface area contributed by atoms with E-state index < -0.39 is 0 Å². The van der Waals surface area contributed by atoms with Crippen LogP contribution in [0.2, 0.25) is 0 Å². The molecule has 0 amide bonds. The largest absolute Gasteiger partial charge is 0.508 e. The highest BCUT2D eigenvalue weighted by molar-refractivity contribution is 5.53. The normalized spacial score (nSPS) is 21.9. The third kappa shape index (κ3) is 5.22. The van der Waals surface area contributed by atoms with Gasteiger partial charge in [-0.1, -0.05) is 48.5 Å². The molecule has 0 unspecified atom stereocenters. The zero-order valence-corrected chi connectivity index (χ0v) is 20.6. The van der Waals surface area contributed by atoms with Gasteiger partial charge in [0.05, 0.1) is 12.7 Å². The van der Waals surface area contributed by atoms with E-state index in [2.05, 4.69) is 65.6 Å². The zero-order valence-electron chi connectivity index (χ0n) is 20.6. The Kier molecular flexibility index (Phi) is 7.37. The number of benzene rings is 3. The molecular weight excluding hydrogens is 438 g/mol. The fourth-order valence-corrected chi connectivity index (χ4v) is 5.72. The van der Waals surface area contributed by atoms with Gasteiger partial charge in [0, 0.05) is 38.9 Å². The highest BCUT2D eigenvalue weighted by Crippen LogP contribution is 2.47.